The van der Waals surface area contributed by atoms with E-state index in [1.54, 1.807) is 12.1 Å². The average molecular weight is 410 g/mol. The normalized spacial score (nSPS) is 15.0. The van der Waals surface area contributed by atoms with E-state index in [9.17, 15) is 13.2 Å². The number of piperidine rings is 1. The van der Waals surface area contributed by atoms with E-state index >= 15 is 0 Å². The first-order valence-electron chi connectivity index (χ1n) is 8.70. The number of hydrogen-bond acceptors (Lipinski definition) is 4. The summed E-state index contributed by atoms with van der Waals surface area (Å²) in [5.74, 6) is -0.239. The largest absolute Gasteiger partial charge is 0.349 e. The summed E-state index contributed by atoms with van der Waals surface area (Å²) in [6.07, 6.45) is 1.75. The number of amides is 1. The van der Waals surface area contributed by atoms with E-state index in [4.69, 9.17) is 0 Å². The van der Waals surface area contributed by atoms with Crippen LogP contribution in [0.15, 0.2) is 59.5 Å². The lowest BCUT2D eigenvalue weighted by atomic mass is 10.1. The second kappa shape index (κ2) is 9.85. The second-order valence-electron chi connectivity index (χ2n) is 6.34. The predicted molar refractivity (Wildman–Crippen MR) is 108 cm³/mol. The number of sulfonamides is 1. The monoisotopic (exact) mass is 409 g/mol. The molecule has 2 aromatic carbocycles. The zero-order chi connectivity index (χ0) is 18.4. The third kappa shape index (κ3) is 6.04. The summed E-state index contributed by atoms with van der Waals surface area (Å²) in [6, 6.07) is 15.6. The Balaban J connectivity index is 0.00000261. The highest BCUT2D eigenvalue weighted by molar-refractivity contribution is 7.89. The van der Waals surface area contributed by atoms with E-state index in [0.29, 0.717) is 5.56 Å². The van der Waals surface area contributed by atoms with Crippen molar-refractivity contribution in [3.8, 4) is 0 Å². The Morgan fingerprint density at radius 2 is 1.74 bits per heavy atom. The van der Waals surface area contributed by atoms with Gasteiger partial charge < -0.3 is 10.6 Å². The fourth-order valence-corrected chi connectivity index (χ4v) is 3.96. The van der Waals surface area contributed by atoms with Gasteiger partial charge in [0.05, 0.1) is 4.90 Å². The molecule has 0 atom stereocenters. The number of carbonyl (C=O) groups is 1. The quantitative estimate of drug-likeness (QED) is 0.681. The van der Waals surface area contributed by atoms with Gasteiger partial charge in [-0.3, -0.25) is 4.79 Å². The van der Waals surface area contributed by atoms with E-state index in [-0.39, 0.29) is 35.8 Å². The van der Waals surface area contributed by atoms with Crippen LogP contribution < -0.4 is 15.4 Å². The first kappa shape index (κ1) is 21.4. The molecule has 3 N–H and O–H groups in total. The van der Waals surface area contributed by atoms with Crippen molar-refractivity contribution in [2.45, 2.75) is 30.3 Å². The highest BCUT2D eigenvalue weighted by atomic mass is 35.5. The first-order chi connectivity index (χ1) is 12.5. The standard InChI is InChI=1S/C19H23N3O3S.ClH/c23-19(22-17-9-11-20-12-10-17)16-7-4-8-18(13-16)26(24,25)21-14-15-5-2-1-3-6-15;/h1-8,13,17,20-21H,9-12,14H2,(H,22,23);1H. The fourth-order valence-electron chi connectivity index (χ4n) is 2.90. The molecule has 1 aliphatic heterocycles. The van der Waals surface area contributed by atoms with Gasteiger partial charge in [0.25, 0.3) is 5.91 Å². The summed E-state index contributed by atoms with van der Waals surface area (Å²) in [5.41, 5.74) is 1.22. The lowest BCUT2D eigenvalue weighted by molar-refractivity contribution is 0.0929. The molecule has 0 bridgehead atoms. The molecule has 1 heterocycles. The lowest BCUT2D eigenvalue weighted by Crippen LogP contribution is -2.42. The van der Waals surface area contributed by atoms with Crippen LogP contribution in [0.2, 0.25) is 0 Å². The van der Waals surface area contributed by atoms with Crippen LogP contribution in [-0.2, 0) is 16.6 Å². The molecule has 0 aliphatic carbocycles. The number of nitrogens with one attached hydrogen (secondary N) is 3. The number of benzene rings is 2. The lowest BCUT2D eigenvalue weighted by Gasteiger charge is -2.23. The fraction of sp³-hybridized carbons (Fsp3) is 0.316. The van der Waals surface area contributed by atoms with Gasteiger partial charge in [-0.25, -0.2) is 13.1 Å². The van der Waals surface area contributed by atoms with E-state index in [1.807, 2.05) is 30.3 Å². The second-order valence-corrected chi connectivity index (χ2v) is 8.10. The SMILES string of the molecule is Cl.O=C(NC1CCNCC1)c1cccc(S(=O)(=O)NCc2ccccc2)c1. The maximum absolute atomic E-state index is 12.5. The van der Waals surface area contributed by atoms with Crippen LogP contribution in [-0.4, -0.2) is 33.5 Å². The summed E-state index contributed by atoms with van der Waals surface area (Å²) in [7, 11) is -3.69. The Hall–Kier alpha value is -1.93. The first-order valence-corrected chi connectivity index (χ1v) is 10.2. The van der Waals surface area contributed by atoms with Gasteiger partial charge in [0.15, 0.2) is 0 Å². The van der Waals surface area contributed by atoms with Crippen LogP contribution in [0.1, 0.15) is 28.8 Å². The molecule has 0 unspecified atom stereocenters. The minimum absolute atomic E-state index is 0. The number of halogens is 1. The van der Waals surface area contributed by atoms with Gasteiger partial charge in [0, 0.05) is 18.2 Å². The van der Waals surface area contributed by atoms with Gasteiger partial charge in [-0.05, 0) is 49.7 Å². The van der Waals surface area contributed by atoms with E-state index < -0.39 is 10.0 Å². The summed E-state index contributed by atoms with van der Waals surface area (Å²) in [4.78, 5) is 12.5. The molecule has 3 rings (SSSR count). The van der Waals surface area contributed by atoms with Gasteiger partial charge in [-0.1, -0.05) is 36.4 Å². The van der Waals surface area contributed by atoms with E-state index in [0.717, 1.165) is 31.5 Å². The van der Waals surface area contributed by atoms with Crippen molar-refractivity contribution in [3.63, 3.8) is 0 Å². The third-order valence-corrected chi connectivity index (χ3v) is 5.79. The molecular formula is C19H24ClN3O3S. The van der Waals surface area contributed by atoms with Gasteiger partial charge in [-0.15, -0.1) is 12.4 Å². The molecule has 146 valence electrons. The Kier molecular flexibility index (Phi) is 7.79. The summed E-state index contributed by atoms with van der Waals surface area (Å²) in [6.45, 7) is 1.96. The van der Waals surface area contributed by atoms with Crippen molar-refractivity contribution >= 4 is 28.3 Å². The summed E-state index contributed by atoms with van der Waals surface area (Å²) >= 11 is 0. The molecule has 1 amide bonds. The highest BCUT2D eigenvalue weighted by Gasteiger charge is 2.19. The van der Waals surface area contributed by atoms with E-state index in [2.05, 4.69) is 15.4 Å². The van der Waals surface area contributed by atoms with Crippen LogP contribution in [0, 0.1) is 0 Å². The van der Waals surface area contributed by atoms with Gasteiger partial charge in [-0.2, -0.15) is 0 Å². The molecule has 0 saturated carbocycles. The Bertz CT molecular complexity index is 854. The van der Waals surface area contributed by atoms with Crippen LogP contribution in [0.5, 0.6) is 0 Å². The minimum atomic E-state index is -3.69. The molecule has 0 radical (unpaired) electrons. The van der Waals surface area contributed by atoms with Gasteiger partial charge in [0.1, 0.15) is 0 Å². The molecule has 8 heteroatoms. The topological polar surface area (TPSA) is 87.3 Å². The van der Waals surface area contributed by atoms with Crippen molar-refractivity contribution in [1.29, 1.82) is 0 Å². The van der Waals surface area contributed by atoms with Crippen LogP contribution in [0.4, 0.5) is 0 Å². The molecule has 6 nitrogen and oxygen atoms in total. The van der Waals surface area contributed by atoms with E-state index in [1.165, 1.54) is 12.1 Å². The van der Waals surface area contributed by atoms with Gasteiger partial charge in [0.2, 0.25) is 10.0 Å². The summed E-state index contributed by atoms with van der Waals surface area (Å²) in [5, 5.41) is 6.22. The van der Waals surface area contributed by atoms with Crippen LogP contribution >= 0.6 is 12.4 Å². The highest BCUT2D eigenvalue weighted by Crippen LogP contribution is 2.13. The maximum Gasteiger partial charge on any atom is 0.251 e. The predicted octanol–water partition coefficient (Wildman–Crippen LogP) is 2.07. The number of hydrogen-bond donors (Lipinski definition) is 3. The number of carbonyl (C=O) groups excluding carboxylic acids is 1. The molecule has 1 saturated heterocycles. The molecule has 2 aromatic rings. The Morgan fingerprint density at radius 1 is 1.04 bits per heavy atom. The van der Waals surface area contributed by atoms with Crippen molar-refractivity contribution in [2.24, 2.45) is 0 Å². The molecule has 1 fully saturated rings. The van der Waals surface area contributed by atoms with Crippen molar-refractivity contribution < 1.29 is 13.2 Å². The third-order valence-electron chi connectivity index (χ3n) is 4.39. The maximum atomic E-state index is 12.5. The molecule has 27 heavy (non-hydrogen) atoms. The Labute approximate surface area is 166 Å². The van der Waals surface area contributed by atoms with Crippen LogP contribution in [0.25, 0.3) is 0 Å². The van der Waals surface area contributed by atoms with Crippen molar-refractivity contribution in [3.05, 3.63) is 65.7 Å². The summed E-state index contributed by atoms with van der Waals surface area (Å²) < 4.78 is 27.6. The Morgan fingerprint density at radius 3 is 2.44 bits per heavy atom. The number of rotatable bonds is 6. The average Bonchev–Trinajstić information content (AvgIpc) is 2.68. The van der Waals surface area contributed by atoms with Crippen molar-refractivity contribution in [2.75, 3.05) is 13.1 Å². The zero-order valence-electron chi connectivity index (χ0n) is 14.9. The molecule has 0 spiro atoms. The molecule has 0 aromatic heterocycles. The smallest absolute Gasteiger partial charge is 0.251 e. The molecule has 1 aliphatic rings. The van der Waals surface area contributed by atoms with Gasteiger partial charge >= 0.3 is 0 Å². The zero-order valence-corrected chi connectivity index (χ0v) is 16.5. The van der Waals surface area contributed by atoms with Crippen LogP contribution in [0.3, 0.4) is 0 Å². The molecular weight excluding hydrogens is 386 g/mol. The van der Waals surface area contributed by atoms with Crippen molar-refractivity contribution in [1.82, 2.24) is 15.4 Å². The minimum Gasteiger partial charge on any atom is -0.349 e.